The quantitative estimate of drug-likeness (QED) is 0.371. The van der Waals surface area contributed by atoms with Gasteiger partial charge in [-0.25, -0.2) is 0 Å². The van der Waals surface area contributed by atoms with Crippen molar-refractivity contribution in [3.63, 3.8) is 0 Å². The molecule has 0 aliphatic carbocycles. The van der Waals surface area contributed by atoms with E-state index in [9.17, 15) is 0 Å². The van der Waals surface area contributed by atoms with Gasteiger partial charge in [0.2, 0.25) is 0 Å². The second-order valence-electron chi connectivity index (χ2n) is 7.81. The zero-order chi connectivity index (χ0) is 18.1. The van der Waals surface area contributed by atoms with E-state index in [4.69, 9.17) is 5.11 Å². The molecule has 1 N–H and O–H groups in total. The molecule has 0 aromatic rings. The standard InChI is InChI=1S/C20H40.C2H6O/c1-7-18(4)12-9-14-20(6)16-10-15-19(5)13-8-11-17(2)3;1-2-3/h7,17,19-20H,8-16H2,1-6H3;3H,2H2,1H3/b18-7+;. The van der Waals surface area contributed by atoms with E-state index in [2.05, 4.69) is 47.6 Å². The van der Waals surface area contributed by atoms with Crippen LogP contribution in [0.3, 0.4) is 0 Å². The lowest BCUT2D eigenvalue weighted by Crippen LogP contribution is -2.00. The average Bonchev–Trinajstić information content (AvgIpc) is 2.47. The molecule has 1 nitrogen and oxygen atoms in total. The highest BCUT2D eigenvalue weighted by atomic mass is 16.2. The summed E-state index contributed by atoms with van der Waals surface area (Å²) in [6, 6.07) is 0. The zero-order valence-electron chi connectivity index (χ0n) is 17.3. The maximum Gasteiger partial charge on any atom is 0.0402 e. The van der Waals surface area contributed by atoms with Crippen molar-refractivity contribution in [1.82, 2.24) is 0 Å². The van der Waals surface area contributed by atoms with Gasteiger partial charge < -0.3 is 5.11 Å². The van der Waals surface area contributed by atoms with Crippen molar-refractivity contribution in [2.75, 3.05) is 6.61 Å². The average molecular weight is 327 g/mol. The van der Waals surface area contributed by atoms with E-state index in [0.29, 0.717) is 0 Å². The molecule has 23 heavy (non-hydrogen) atoms. The van der Waals surface area contributed by atoms with Crippen molar-refractivity contribution in [1.29, 1.82) is 0 Å². The lowest BCUT2D eigenvalue weighted by atomic mass is 9.91. The van der Waals surface area contributed by atoms with E-state index in [0.717, 1.165) is 17.8 Å². The van der Waals surface area contributed by atoms with Gasteiger partial charge in [-0.2, -0.15) is 0 Å². The van der Waals surface area contributed by atoms with Gasteiger partial charge >= 0.3 is 0 Å². The van der Waals surface area contributed by atoms with Crippen LogP contribution in [0.15, 0.2) is 11.6 Å². The number of aliphatic hydroxyl groups excluding tert-OH is 1. The predicted octanol–water partition coefficient (Wildman–Crippen LogP) is 7.39. The molecule has 0 fully saturated rings. The number of aliphatic hydroxyl groups is 1. The van der Waals surface area contributed by atoms with Crippen LogP contribution in [-0.4, -0.2) is 11.7 Å². The molecule has 0 aromatic carbocycles. The van der Waals surface area contributed by atoms with E-state index < -0.39 is 0 Å². The normalized spacial score (nSPS) is 14.4. The van der Waals surface area contributed by atoms with E-state index in [1.165, 1.54) is 57.8 Å². The molecule has 140 valence electrons. The largest absolute Gasteiger partial charge is 0.397 e. The molecule has 0 rings (SSSR count). The van der Waals surface area contributed by atoms with Gasteiger partial charge in [-0.1, -0.05) is 84.3 Å². The molecule has 0 aromatic heterocycles. The van der Waals surface area contributed by atoms with Crippen LogP contribution in [0.2, 0.25) is 0 Å². The molecule has 0 aliphatic heterocycles. The molecule has 0 spiro atoms. The first-order valence-corrected chi connectivity index (χ1v) is 10.1. The van der Waals surface area contributed by atoms with Crippen LogP contribution in [0.25, 0.3) is 0 Å². The maximum absolute atomic E-state index is 7.57. The van der Waals surface area contributed by atoms with Crippen LogP contribution in [0.1, 0.15) is 106 Å². The molecule has 0 bridgehead atoms. The van der Waals surface area contributed by atoms with Crippen molar-refractivity contribution >= 4 is 0 Å². The van der Waals surface area contributed by atoms with Crippen LogP contribution in [0, 0.1) is 17.8 Å². The summed E-state index contributed by atoms with van der Waals surface area (Å²) < 4.78 is 0. The minimum atomic E-state index is 0.250. The minimum Gasteiger partial charge on any atom is -0.397 e. The molecule has 0 saturated carbocycles. The highest BCUT2D eigenvalue weighted by Crippen LogP contribution is 2.21. The van der Waals surface area contributed by atoms with Crippen LogP contribution in [0.4, 0.5) is 0 Å². The summed E-state index contributed by atoms with van der Waals surface area (Å²) in [5, 5.41) is 7.57. The Morgan fingerprint density at radius 2 is 1.22 bits per heavy atom. The summed E-state index contributed by atoms with van der Waals surface area (Å²) in [5.74, 6) is 2.73. The lowest BCUT2D eigenvalue weighted by molar-refractivity contribution is 0.318. The molecule has 0 heterocycles. The zero-order valence-corrected chi connectivity index (χ0v) is 17.3. The highest BCUT2D eigenvalue weighted by molar-refractivity contribution is 4.94. The predicted molar refractivity (Wildman–Crippen MR) is 107 cm³/mol. The van der Waals surface area contributed by atoms with E-state index in [1.54, 1.807) is 12.5 Å². The summed E-state index contributed by atoms with van der Waals surface area (Å²) >= 11 is 0. The number of allylic oxidation sites excluding steroid dienone is 2. The summed E-state index contributed by atoms with van der Waals surface area (Å²) in [4.78, 5) is 0. The fourth-order valence-electron chi connectivity index (χ4n) is 2.85. The van der Waals surface area contributed by atoms with Crippen LogP contribution < -0.4 is 0 Å². The van der Waals surface area contributed by atoms with Gasteiger partial charge in [0.25, 0.3) is 0 Å². The van der Waals surface area contributed by atoms with Gasteiger partial charge in [0.15, 0.2) is 0 Å². The molecule has 0 aliphatic rings. The number of hydrogen-bond acceptors (Lipinski definition) is 1. The lowest BCUT2D eigenvalue weighted by Gasteiger charge is -2.15. The Balaban J connectivity index is 0. The van der Waals surface area contributed by atoms with Crippen molar-refractivity contribution in [2.45, 2.75) is 106 Å². The Morgan fingerprint density at radius 3 is 1.61 bits per heavy atom. The van der Waals surface area contributed by atoms with Gasteiger partial charge in [0.05, 0.1) is 0 Å². The Labute approximate surface area is 148 Å². The maximum atomic E-state index is 7.57. The smallest absolute Gasteiger partial charge is 0.0402 e. The van der Waals surface area contributed by atoms with E-state index in [-0.39, 0.29) is 6.61 Å². The van der Waals surface area contributed by atoms with E-state index in [1.807, 2.05) is 0 Å². The Kier molecular flexibility index (Phi) is 19.6. The number of rotatable bonds is 12. The molecule has 0 amide bonds. The monoisotopic (exact) mass is 326 g/mol. The fraction of sp³-hybridized carbons (Fsp3) is 0.909. The van der Waals surface area contributed by atoms with Gasteiger partial charge in [-0.3, -0.25) is 0 Å². The third-order valence-corrected chi connectivity index (χ3v) is 4.63. The third-order valence-electron chi connectivity index (χ3n) is 4.63. The van der Waals surface area contributed by atoms with Gasteiger partial charge in [0, 0.05) is 6.61 Å². The first-order valence-electron chi connectivity index (χ1n) is 10.1. The van der Waals surface area contributed by atoms with Crippen molar-refractivity contribution in [2.24, 2.45) is 17.8 Å². The van der Waals surface area contributed by atoms with Crippen LogP contribution >= 0.6 is 0 Å². The Bertz CT molecular complexity index is 255. The summed E-state index contributed by atoms with van der Waals surface area (Å²) in [6.07, 6.45) is 14.9. The Hall–Kier alpha value is -0.300. The molecular weight excluding hydrogens is 280 g/mol. The fourth-order valence-corrected chi connectivity index (χ4v) is 2.85. The molecular formula is C22H46O. The second kappa shape index (κ2) is 18.0. The Morgan fingerprint density at radius 1 is 0.826 bits per heavy atom. The van der Waals surface area contributed by atoms with Gasteiger partial charge in [-0.05, 0) is 51.4 Å². The first kappa shape index (κ1) is 24.9. The van der Waals surface area contributed by atoms with Crippen LogP contribution in [-0.2, 0) is 0 Å². The van der Waals surface area contributed by atoms with Crippen LogP contribution in [0.5, 0.6) is 0 Å². The minimum absolute atomic E-state index is 0.250. The molecule has 0 saturated heterocycles. The van der Waals surface area contributed by atoms with Crippen molar-refractivity contribution < 1.29 is 5.11 Å². The molecule has 2 atom stereocenters. The first-order chi connectivity index (χ1) is 10.9. The molecule has 2 unspecified atom stereocenters. The second-order valence-corrected chi connectivity index (χ2v) is 7.81. The third kappa shape index (κ3) is 21.7. The van der Waals surface area contributed by atoms with Gasteiger partial charge in [-0.15, -0.1) is 0 Å². The summed E-state index contributed by atoms with van der Waals surface area (Å²) in [5.41, 5.74) is 1.55. The summed E-state index contributed by atoms with van der Waals surface area (Å²) in [6.45, 7) is 15.9. The van der Waals surface area contributed by atoms with Crippen molar-refractivity contribution in [3.05, 3.63) is 11.6 Å². The molecule has 1 heteroatoms. The van der Waals surface area contributed by atoms with Gasteiger partial charge in [0.1, 0.15) is 0 Å². The van der Waals surface area contributed by atoms with Crippen molar-refractivity contribution in [3.8, 4) is 0 Å². The highest BCUT2D eigenvalue weighted by Gasteiger charge is 2.06. The topological polar surface area (TPSA) is 20.2 Å². The number of hydrogen-bond donors (Lipinski definition) is 1. The molecule has 0 radical (unpaired) electrons. The summed E-state index contributed by atoms with van der Waals surface area (Å²) in [7, 11) is 0. The van der Waals surface area contributed by atoms with E-state index >= 15 is 0 Å². The SMILES string of the molecule is C/C=C(\C)CCCC(C)CCCC(C)CCCC(C)C.CCO.